The van der Waals surface area contributed by atoms with Crippen molar-refractivity contribution in [1.29, 1.82) is 0 Å². The molecule has 4 heteroatoms. The molecule has 3 rings (SSSR count). The molecule has 1 amide bonds. The molecule has 0 bridgehead atoms. The second-order valence-electron chi connectivity index (χ2n) is 5.19. The lowest BCUT2D eigenvalue weighted by molar-refractivity contribution is 0.102. The standard InChI is InChI=1S/C17H15FN2O/c1-10-3-5-14(11(2)7-10)20-17(21)16-9-12-8-13(18)4-6-15(12)19-16/h3-9,19H,1-2H3,(H,20,21). The second-order valence-corrected chi connectivity index (χ2v) is 5.19. The highest BCUT2D eigenvalue weighted by Crippen LogP contribution is 2.20. The van der Waals surface area contributed by atoms with E-state index in [0.29, 0.717) is 11.1 Å². The van der Waals surface area contributed by atoms with Crippen molar-refractivity contribution in [2.75, 3.05) is 5.32 Å². The summed E-state index contributed by atoms with van der Waals surface area (Å²) in [6.45, 7) is 3.95. The average Bonchev–Trinajstić information content (AvgIpc) is 2.85. The number of benzene rings is 2. The average molecular weight is 282 g/mol. The van der Waals surface area contributed by atoms with Crippen LogP contribution in [-0.4, -0.2) is 10.9 Å². The summed E-state index contributed by atoms with van der Waals surface area (Å²) >= 11 is 0. The largest absolute Gasteiger partial charge is 0.351 e. The summed E-state index contributed by atoms with van der Waals surface area (Å²) in [6.07, 6.45) is 0. The first-order chi connectivity index (χ1) is 10.0. The van der Waals surface area contributed by atoms with Crippen LogP contribution >= 0.6 is 0 Å². The maximum Gasteiger partial charge on any atom is 0.272 e. The van der Waals surface area contributed by atoms with Crippen LogP contribution in [-0.2, 0) is 0 Å². The first kappa shape index (κ1) is 13.4. The number of hydrogen-bond acceptors (Lipinski definition) is 1. The van der Waals surface area contributed by atoms with Gasteiger partial charge in [-0.3, -0.25) is 4.79 Å². The SMILES string of the molecule is Cc1ccc(NC(=O)c2cc3cc(F)ccc3[nH]2)c(C)c1. The van der Waals surface area contributed by atoms with E-state index in [-0.39, 0.29) is 11.7 Å². The summed E-state index contributed by atoms with van der Waals surface area (Å²) in [5, 5.41) is 3.55. The first-order valence-electron chi connectivity index (χ1n) is 6.70. The Morgan fingerprint density at radius 2 is 1.90 bits per heavy atom. The molecule has 106 valence electrons. The van der Waals surface area contributed by atoms with Gasteiger partial charge >= 0.3 is 0 Å². The van der Waals surface area contributed by atoms with Gasteiger partial charge in [0.2, 0.25) is 0 Å². The monoisotopic (exact) mass is 282 g/mol. The number of H-pyrrole nitrogens is 1. The predicted octanol–water partition coefficient (Wildman–Crippen LogP) is 4.18. The van der Waals surface area contributed by atoms with E-state index in [1.807, 2.05) is 32.0 Å². The van der Waals surface area contributed by atoms with Gasteiger partial charge in [0.15, 0.2) is 0 Å². The molecule has 2 aromatic carbocycles. The Hall–Kier alpha value is -2.62. The van der Waals surface area contributed by atoms with Crippen LogP contribution in [0, 0.1) is 19.7 Å². The van der Waals surface area contributed by atoms with E-state index in [1.54, 1.807) is 12.1 Å². The number of fused-ring (bicyclic) bond motifs is 1. The Morgan fingerprint density at radius 1 is 1.10 bits per heavy atom. The number of halogens is 1. The molecule has 0 aliphatic rings. The minimum atomic E-state index is -0.317. The lowest BCUT2D eigenvalue weighted by atomic mass is 10.1. The molecular weight excluding hydrogens is 267 g/mol. The van der Waals surface area contributed by atoms with Crippen molar-refractivity contribution in [3.05, 3.63) is 65.1 Å². The number of rotatable bonds is 2. The zero-order valence-corrected chi connectivity index (χ0v) is 11.8. The van der Waals surface area contributed by atoms with E-state index < -0.39 is 0 Å². The van der Waals surface area contributed by atoms with E-state index in [2.05, 4.69) is 10.3 Å². The Morgan fingerprint density at radius 3 is 2.67 bits per heavy atom. The van der Waals surface area contributed by atoms with Crippen molar-refractivity contribution >= 4 is 22.5 Å². The van der Waals surface area contributed by atoms with Gasteiger partial charge in [-0.15, -0.1) is 0 Å². The minimum absolute atomic E-state index is 0.237. The lowest BCUT2D eigenvalue weighted by Gasteiger charge is -2.08. The molecule has 0 spiro atoms. The van der Waals surface area contributed by atoms with Gasteiger partial charge in [0.1, 0.15) is 11.5 Å². The summed E-state index contributed by atoms with van der Waals surface area (Å²) in [5.74, 6) is -0.554. The summed E-state index contributed by atoms with van der Waals surface area (Å²) < 4.78 is 13.2. The molecule has 0 aliphatic heterocycles. The van der Waals surface area contributed by atoms with E-state index >= 15 is 0 Å². The first-order valence-corrected chi connectivity index (χ1v) is 6.70. The third-order valence-electron chi connectivity index (χ3n) is 3.46. The van der Waals surface area contributed by atoms with Crippen molar-refractivity contribution in [3.63, 3.8) is 0 Å². The van der Waals surface area contributed by atoms with E-state index in [0.717, 1.165) is 22.3 Å². The van der Waals surface area contributed by atoms with Crippen molar-refractivity contribution in [3.8, 4) is 0 Å². The second kappa shape index (κ2) is 5.05. The van der Waals surface area contributed by atoms with Crippen molar-refractivity contribution in [2.45, 2.75) is 13.8 Å². The number of aryl methyl sites for hydroxylation is 2. The number of hydrogen-bond donors (Lipinski definition) is 2. The summed E-state index contributed by atoms with van der Waals surface area (Å²) in [6, 6.07) is 11.9. The predicted molar refractivity (Wildman–Crippen MR) is 82.1 cm³/mol. The zero-order valence-electron chi connectivity index (χ0n) is 11.8. The lowest BCUT2D eigenvalue weighted by Crippen LogP contribution is -2.13. The summed E-state index contributed by atoms with van der Waals surface area (Å²) in [5.41, 5.74) is 4.07. The van der Waals surface area contributed by atoms with Gasteiger partial charge in [-0.25, -0.2) is 4.39 Å². The molecule has 0 fully saturated rings. The van der Waals surface area contributed by atoms with Crippen LogP contribution in [0.25, 0.3) is 10.9 Å². The maximum atomic E-state index is 13.2. The molecule has 1 aromatic heterocycles. The summed E-state index contributed by atoms with van der Waals surface area (Å²) in [4.78, 5) is 15.3. The fourth-order valence-corrected chi connectivity index (χ4v) is 2.37. The molecule has 0 atom stereocenters. The van der Waals surface area contributed by atoms with Crippen LogP contribution in [0.1, 0.15) is 21.6 Å². The summed E-state index contributed by atoms with van der Waals surface area (Å²) in [7, 11) is 0. The Bertz CT molecular complexity index is 836. The molecule has 21 heavy (non-hydrogen) atoms. The van der Waals surface area contributed by atoms with Crippen LogP contribution in [0.4, 0.5) is 10.1 Å². The number of carbonyl (C=O) groups is 1. The molecule has 0 radical (unpaired) electrons. The third-order valence-corrected chi connectivity index (χ3v) is 3.46. The number of nitrogens with one attached hydrogen (secondary N) is 2. The zero-order chi connectivity index (χ0) is 15.0. The van der Waals surface area contributed by atoms with E-state index in [9.17, 15) is 9.18 Å². The molecule has 2 N–H and O–H groups in total. The molecule has 0 unspecified atom stereocenters. The highest BCUT2D eigenvalue weighted by atomic mass is 19.1. The third kappa shape index (κ3) is 2.65. The normalized spacial score (nSPS) is 10.8. The van der Waals surface area contributed by atoms with Gasteiger partial charge < -0.3 is 10.3 Å². The fraction of sp³-hybridized carbons (Fsp3) is 0.118. The minimum Gasteiger partial charge on any atom is -0.351 e. The van der Waals surface area contributed by atoms with Gasteiger partial charge in [-0.2, -0.15) is 0 Å². The molecule has 3 aromatic rings. The van der Waals surface area contributed by atoms with E-state index in [4.69, 9.17) is 0 Å². The number of anilines is 1. The Balaban J connectivity index is 1.89. The van der Waals surface area contributed by atoms with Crippen LogP contribution in [0.15, 0.2) is 42.5 Å². The quantitative estimate of drug-likeness (QED) is 0.727. The maximum absolute atomic E-state index is 13.2. The van der Waals surface area contributed by atoms with Gasteiger partial charge in [0.05, 0.1) is 0 Å². The Labute approximate surface area is 121 Å². The van der Waals surface area contributed by atoms with Crippen LogP contribution < -0.4 is 5.32 Å². The van der Waals surface area contributed by atoms with Gasteiger partial charge in [0, 0.05) is 16.6 Å². The Kier molecular flexibility index (Phi) is 3.22. The van der Waals surface area contributed by atoms with Gasteiger partial charge in [-0.1, -0.05) is 17.7 Å². The molecular formula is C17H15FN2O. The number of amides is 1. The smallest absolute Gasteiger partial charge is 0.272 e. The number of aromatic nitrogens is 1. The van der Waals surface area contributed by atoms with Crippen molar-refractivity contribution in [1.82, 2.24) is 4.98 Å². The fourth-order valence-electron chi connectivity index (χ4n) is 2.37. The van der Waals surface area contributed by atoms with E-state index in [1.165, 1.54) is 12.1 Å². The molecule has 3 nitrogen and oxygen atoms in total. The number of carbonyl (C=O) groups excluding carboxylic acids is 1. The van der Waals surface area contributed by atoms with Crippen LogP contribution in [0.3, 0.4) is 0 Å². The topological polar surface area (TPSA) is 44.9 Å². The number of aromatic amines is 1. The van der Waals surface area contributed by atoms with Gasteiger partial charge in [0.25, 0.3) is 5.91 Å². The van der Waals surface area contributed by atoms with Crippen LogP contribution in [0.2, 0.25) is 0 Å². The molecule has 1 heterocycles. The molecule has 0 saturated carbocycles. The van der Waals surface area contributed by atoms with Crippen molar-refractivity contribution < 1.29 is 9.18 Å². The highest BCUT2D eigenvalue weighted by Gasteiger charge is 2.11. The highest BCUT2D eigenvalue weighted by molar-refractivity contribution is 6.06. The van der Waals surface area contributed by atoms with Crippen LogP contribution in [0.5, 0.6) is 0 Å². The molecule has 0 aliphatic carbocycles. The molecule has 0 saturated heterocycles. The van der Waals surface area contributed by atoms with Crippen molar-refractivity contribution in [2.24, 2.45) is 0 Å². The van der Waals surface area contributed by atoms with Gasteiger partial charge in [-0.05, 0) is 49.7 Å².